The van der Waals surface area contributed by atoms with Crippen LogP contribution in [0.15, 0.2) is 17.9 Å². The number of hydrogen-bond acceptors (Lipinski definition) is 4. The van der Waals surface area contributed by atoms with Crippen molar-refractivity contribution in [2.45, 2.75) is 0 Å². The molecule has 0 aliphatic rings. The van der Waals surface area contributed by atoms with E-state index in [4.69, 9.17) is 23.2 Å². The van der Waals surface area contributed by atoms with Crippen molar-refractivity contribution in [2.24, 2.45) is 0 Å². The Bertz CT molecular complexity index is 368. The molecule has 6 heteroatoms. The van der Waals surface area contributed by atoms with Gasteiger partial charge in [0.15, 0.2) is 6.29 Å². The molecule has 74 valence electrons. The van der Waals surface area contributed by atoms with Crippen molar-refractivity contribution in [1.82, 2.24) is 9.97 Å². The van der Waals surface area contributed by atoms with E-state index in [0.29, 0.717) is 23.7 Å². The molecule has 0 bridgehead atoms. The van der Waals surface area contributed by atoms with Gasteiger partial charge in [-0.05, 0) is 0 Å². The molecular weight excluding hydrogens is 225 g/mol. The molecule has 1 N–H and O–H groups in total. The van der Waals surface area contributed by atoms with Gasteiger partial charge in [0.1, 0.15) is 17.3 Å². The number of carbonyl (C=O) groups is 1. The van der Waals surface area contributed by atoms with Crippen molar-refractivity contribution < 1.29 is 4.79 Å². The molecule has 1 rings (SSSR count). The molecule has 0 spiro atoms. The first-order valence-corrected chi connectivity index (χ1v) is 4.43. The van der Waals surface area contributed by atoms with E-state index in [1.807, 2.05) is 0 Å². The number of nitrogens with zero attached hydrogens (tertiary/aromatic N) is 2. The number of halogens is 2. The highest BCUT2D eigenvalue weighted by Gasteiger charge is 2.07. The average molecular weight is 232 g/mol. The van der Waals surface area contributed by atoms with Crippen LogP contribution in [0.2, 0.25) is 5.15 Å². The third-order valence-corrected chi connectivity index (χ3v) is 1.84. The summed E-state index contributed by atoms with van der Waals surface area (Å²) in [7, 11) is 0. The highest BCUT2D eigenvalue weighted by atomic mass is 35.5. The Balaban J connectivity index is 2.90. The van der Waals surface area contributed by atoms with Crippen molar-refractivity contribution in [3.8, 4) is 0 Å². The highest BCUT2D eigenvalue weighted by Crippen LogP contribution is 2.17. The van der Waals surface area contributed by atoms with Crippen molar-refractivity contribution in [2.75, 3.05) is 11.9 Å². The van der Waals surface area contributed by atoms with E-state index in [1.54, 1.807) is 0 Å². The van der Waals surface area contributed by atoms with Crippen molar-refractivity contribution in [3.63, 3.8) is 0 Å². The van der Waals surface area contributed by atoms with Crippen molar-refractivity contribution >= 4 is 35.3 Å². The van der Waals surface area contributed by atoms with Gasteiger partial charge >= 0.3 is 0 Å². The lowest BCUT2D eigenvalue weighted by atomic mass is 10.3. The standard InChI is InChI=1S/C8H7Cl2N3O/c1-5(9)2-11-8-6(3-14)7(10)12-4-13-8/h3-4H,1-2H2,(H,11,12,13). The van der Waals surface area contributed by atoms with Crippen LogP contribution in [-0.2, 0) is 0 Å². The SMILES string of the molecule is C=C(Cl)CNc1ncnc(Cl)c1C=O. The predicted molar refractivity (Wildman–Crippen MR) is 55.9 cm³/mol. The number of aromatic nitrogens is 2. The van der Waals surface area contributed by atoms with Crippen LogP contribution in [0, 0.1) is 0 Å². The Hall–Kier alpha value is -1.13. The van der Waals surface area contributed by atoms with Crippen LogP contribution in [0.5, 0.6) is 0 Å². The smallest absolute Gasteiger partial charge is 0.156 e. The molecule has 0 amide bonds. The summed E-state index contributed by atoms with van der Waals surface area (Å²) in [5.41, 5.74) is 0.215. The average Bonchev–Trinajstić information content (AvgIpc) is 2.14. The first-order chi connectivity index (χ1) is 6.65. The zero-order valence-electron chi connectivity index (χ0n) is 7.13. The fourth-order valence-corrected chi connectivity index (χ4v) is 1.04. The Morgan fingerprint density at radius 3 is 2.93 bits per heavy atom. The lowest BCUT2D eigenvalue weighted by molar-refractivity contribution is 0.112. The normalized spacial score (nSPS) is 9.57. The number of aldehydes is 1. The zero-order valence-corrected chi connectivity index (χ0v) is 8.64. The van der Waals surface area contributed by atoms with E-state index in [9.17, 15) is 4.79 Å². The second-order valence-corrected chi connectivity index (χ2v) is 3.31. The second kappa shape index (κ2) is 4.93. The van der Waals surface area contributed by atoms with E-state index in [-0.39, 0.29) is 10.7 Å². The van der Waals surface area contributed by atoms with Gasteiger partial charge in [0.25, 0.3) is 0 Å². The fraction of sp³-hybridized carbons (Fsp3) is 0.125. The Labute approximate surface area is 91.0 Å². The largest absolute Gasteiger partial charge is 0.364 e. The fourth-order valence-electron chi connectivity index (χ4n) is 0.799. The third kappa shape index (κ3) is 2.68. The number of rotatable bonds is 4. The van der Waals surface area contributed by atoms with Gasteiger partial charge in [-0.15, -0.1) is 0 Å². The highest BCUT2D eigenvalue weighted by molar-refractivity contribution is 6.32. The molecule has 1 aromatic rings. The lowest BCUT2D eigenvalue weighted by Gasteiger charge is -2.06. The van der Waals surface area contributed by atoms with Gasteiger partial charge in [0.05, 0.1) is 12.1 Å². The maximum absolute atomic E-state index is 10.6. The van der Waals surface area contributed by atoms with Gasteiger partial charge in [0, 0.05) is 5.03 Å². The van der Waals surface area contributed by atoms with Gasteiger partial charge in [-0.25, -0.2) is 9.97 Å². The summed E-state index contributed by atoms with van der Waals surface area (Å²) in [4.78, 5) is 18.1. The Morgan fingerprint density at radius 1 is 1.64 bits per heavy atom. The quantitative estimate of drug-likeness (QED) is 0.638. The lowest BCUT2D eigenvalue weighted by Crippen LogP contribution is -2.06. The van der Waals surface area contributed by atoms with Crippen LogP contribution in [0.1, 0.15) is 10.4 Å². The summed E-state index contributed by atoms with van der Waals surface area (Å²) >= 11 is 11.2. The van der Waals surface area contributed by atoms with Gasteiger partial charge < -0.3 is 5.32 Å². The van der Waals surface area contributed by atoms with Crippen LogP contribution in [0.25, 0.3) is 0 Å². The molecule has 0 saturated heterocycles. The van der Waals surface area contributed by atoms with Crippen LogP contribution >= 0.6 is 23.2 Å². The van der Waals surface area contributed by atoms with E-state index in [0.717, 1.165) is 0 Å². The Kier molecular flexibility index (Phi) is 3.85. The minimum absolute atomic E-state index is 0.109. The summed E-state index contributed by atoms with van der Waals surface area (Å²) in [6.45, 7) is 3.80. The van der Waals surface area contributed by atoms with Gasteiger partial charge in [-0.3, -0.25) is 4.79 Å². The van der Waals surface area contributed by atoms with Crippen LogP contribution in [-0.4, -0.2) is 22.8 Å². The molecule has 0 aliphatic heterocycles. The summed E-state index contributed by atoms with van der Waals surface area (Å²) in [6.07, 6.45) is 1.84. The van der Waals surface area contributed by atoms with Crippen LogP contribution in [0.4, 0.5) is 5.82 Å². The second-order valence-electron chi connectivity index (χ2n) is 2.42. The van der Waals surface area contributed by atoms with E-state index < -0.39 is 0 Å². The number of carbonyl (C=O) groups excluding carboxylic acids is 1. The third-order valence-electron chi connectivity index (χ3n) is 1.40. The zero-order chi connectivity index (χ0) is 10.6. The minimum Gasteiger partial charge on any atom is -0.364 e. The van der Waals surface area contributed by atoms with E-state index >= 15 is 0 Å². The monoisotopic (exact) mass is 231 g/mol. The van der Waals surface area contributed by atoms with E-state index in [2.05, 4.69) is 21.9 Å². The summed E-state index contributed by atoms with van der Waals surface area (Å²) in [6, 6.07) is 0. The van der Waals surface area contributed by atoms with Gasteiger partial charge in [0.2, 0.25) is 0 Å². The summed E-state index contributed by atoms with van der Waals surface area (Å²) in [5.74, 6) is 0.349. The molecule has 0 saturated carbocycles. The van der Waals surface area contributed by atoms with E-state index in [1.165, 1.54) is 6.33 Å². The van der Waals surface area contributed by atoms with Gasteiger partial charge in [-0.2, -0.15) is 0 Å². The first kappa shape index (κ1) is 10.9. The minimum atomic E-state index is 0.109. The maximum Gasteiger partial charge on any atom is 0.156 e. The van der Waals surface area contributed by atoms with Crippen molar-refractivity contribution in [3.05, 3.63) is 28.7 Å². The topological polar surface area (TPSA) is 54.9 Å². The number of anilines is 1. The number of nitrogens with one attached hydrogen (secondary N) is 1. The van der Waals surface area contributed by atoms with Crippen molar-refractivity contribution in [1.29, 1.82) is 0 Å². The molecule has 0 radical (unpaired) electrons. The van der Waals surface area contributed by atoms with Crippen LogP contribution in [0.3, 0.4) is 0 Å². The summed E-state index contributed by atoms with van der Waals surface area (Å²) in [5, 5.41) is 3.33. The molecule has 14 heavy (non-hydrogen) atoms. The molecule has 0 aliphatic carbocycles. The predicted octanol–water partition coefficient (Wildman–Crippen LogP) is 2.11. The Morgan fingerprint density at radius 2 is 2.36 bits per heavy atom. The molecule has 0 atom stereocenters. The molecular formula is C8H7Cl2N3O. The summed E-state index contributed by atoms with van der Waals surface area (Å²) < 4.78 is 0. The maximum atomic E-state index is 10.6. The molecule has 0 unspecified atom stereocenters. The number of hydrogen-bond donors (Lipinski definition) is 1. The molecule has 4 nitrogen and oxygen atoms in total. The molecule has 1 heterocycles. The molecule has 0 fully saturated rings. The molecule has 0 aromatic carbocycles. The van der Waals surface area contributed by atoms with Crippen LogP contribution < -0.4 is 5.32 Å². The molecule has 1 aromatic heterocycles. The van der Waals surface area contributed by atoms with Gasteiger partial charge in [-0.1, -0.05) is 29.8 Å². The first-order valence-electron chi connectivity index (χ1n) is 3.68.